The Hall–Kier alpha value is -1.40. The smallest absolute Gasteiger partial charge is 0.305 e. The SMILES string of the molecule is CCCCCCCCC/C=C\CCCCCCCC(=O)OCCCCCCCCCCCCC(=O)NC(CO)C(O)CCCCCCCCCCCCCCCCCCCCCC. The molecule has 0 aromatic rings. The molecular weight excluding hydrogens is 779 g/mol. The van der Waals surface area contributed by atoms with E-state index in [9.17, 15) is 19.8 Å². The van der Waals surface area contributed by atoms with Crippen LogP contribution in [0.25, 0.3) is 0 Å². The van der Waals surface area contributed by atoms with Crippen molar-refractivity contribution in [3.05, 3.63) is 12.2 Å². The first-order valence-corrected chi connectivity index (χ1v) is 28.4. The van der Waals surface area contributed by atoms with Gasteiger partial charge in [0.2, 0.25) is 5.91 Å². The second kappa shape index (κ2) is 53.2. The van der Waals surface area contributed by atoms with E-state index in [1.165, 1.54) is 225 Å². The van der Waals surface area contributed by atoms with Gasteiger partial charge in [-0.3, -0.25) is 9.59 Å². The number of nitrogens with one attached hydrogen (secondary N) is 1. The fourth-order valence-electron chi connectivity index (χ4n) is 8.93. The van der Waals surface area contributed by atoms with Crippen LogP contribution in [-0.4, -0.2) is 47.4 Å². The number of aliphatic hydroxyl groups excluding tert-OH is 2. The molecule has 0 spiro atoms. The van der Waals surface area contributed by atoms with Crippen molar-refractivity contribution in [1.82, 2.24) is 5.32 Å². The molecule has 0 rings (SSSR count). The van der Waals surface area contributed by atoms with Gasteiger partial charge in [0.1, 0.15) is 0 Å². The van der Waals surface area contributed by atoms with Gasteiger partial charge in [-0.1, -0.05) is 264 Å². The van der Waals surface area contributed by atoms with E-state index in [2.05, 4.69) is 31.3 Å². The fourth-order valence-corrected chi connectivity index (χ4v) is 8.93. The predicted octanol–water partition coefficient (Wildman–Crippen LogP) is 17.3. The zero-order chi connectivity index (χ0) is 45.8. The topological polar surface area (TPSA) is 95.9 Å². The monoisotopic (exact) mass is 890 g/mol. The van der Waals surface area contributed by atoms with Gasteiger partial charge in [-0.15, -0.1) is 0 Å². The second-order valence-electron chi connectivity index (χ2n) is 19.6. The van der Waals surface area contributed by atoms with Crippen LogP contribution in [0.1, 0.15) is 316 Å². The number of amides is 1. The number of unbranched alkanes of at least 4 members (excludes halogenated alkanes) is 40. The number of hydrogen-bond donors (Lipinski definition) is 3. The molecule has 6 heteroatoms. The first kappa shape index (κ1) is 61.6. The van der Waals surface area contributed by atoms with E-state index < -0.39 is 12.1 Å². The normalized spacial score (nSPS) is 12.6. The standard InChI is InChI=1S/C57H111NO5/c1-3-5-7-9-11-13-15-17-19-21-22-23-24-25-27-29-33-37-41-45-49-55(60)54(53-59)58-56(61)50-46-42-38-34-31-32-36-40-44-48-52-63-57(62)51-47-43-39-35-30-28-26-20-18-16-14-12-10-8-6-4-2/h20,26,54-55,59-60H,3-19,21-25,27-53H2,1-2H3,(H,58,61)/b26-20-. The average molecular weight is 891 g/mol. The highest BCUT2D eigenvalue weighted by Crippen LogP contribution is 2.17. The van der Waals surface area contributed by atoms with E-state index in [4.69, 9.17) is 4.74 Å². The van der Waals surface area contributed by atoms with Crippen LogP contribution in [0.4, 0.5) is 0 Å². The van der Waals surface area contributed by atoms with E-state index >= 15 is 0 Å². The van der Waals surface area contributed by atoms with Crippen molar-refractivity contribution in [3.63, 3.8) is 0 Å². The van der Waals surface area contributed by atoms with Gasteiger partial charge in [-0.05, 0) is 51.4 Å². The molecule has 2 unspecified atom stereocenters. The van der Waals surface area contributed by atoms with Crippen LogP contribution in [0.3, 0.4) is 0 Å². The van der Waals surface area contributed by atoms with Gasteiger partial charge in [-0.25, -0.2) is 0 Å². The molecule has 0 heterocycles. The Morgan fingerprint density at radius 3 is 1.13 bits per heavy atom. The van der Waals surface area contributed by atoms with Gasteiger partial charge in [0.15, 0.2) is 0 Å². The summed E-state index contributed by atoms with van der Waals surface area (Å²) in [5.41, 5.74) is 0. The number of rotatable bonds is 53. The summed E-state index contributed by atoms with van der Waals surface area (Å²) >= 11 is 0. The summed E-state index contributed by atoms with van der Waals surface area (Å²) in [5, 5.41) is 23.3. The molecule has 374 valence electrons. The number of ether oxygens (including phenoxy) is 1. The molecule has 3 N–H and O–H groups in total. The number of allylic oxidation sites excluding steroid dienone is 2. The highest BCUT2D eigenvalue weighted by molar-refractivity contribution is 5.76. The third-order valence-electron chi connectivity index (χ3n) is 13.3. The molecule has 0 aliphatic heterocycles. The van der Waals surface area contributed by atoms with E-state index in [-0.39, 0.29) is 18.5 Å². The lowest BCUT2D eigenvalue weighted by atomic mass is 10.0. The van der Waals surface area contributed by atoms with Crippen LogP contribution in [0, 0.1) is 0 Å². The van der Waals surface area contributed by atoms with Crippen LogP contribution in [-0.2, 0) is 14.3 Å². The summed E-state index contributed by atoms with van der Waals surface area (Å²) < 4.78 is 5.46. The predicted molar refractivity (Wildman–Crippen MR) is 273 cm³/mol. The maximum Gasteiger partial charge on any atom is 0.305 e. The Morgan fingerprint density at radius 1 is 0.429 bits per heavy atom. The molecule has 6 nitrogen and oxygen atoms in total. The summed E-state index contributed by atoms with van der Waals surface area (Å²) in [6.07, 6.45) is 61.9. The molecule has 0 aromatic heterocycles. The van der Waals surface area contributed by atoms with Gasteiger partial charge >= 0.3 is 5.97 Å². The van der Waals surface area contributed by atoms with E-state index in [0.717, 1.165) is 57.8 Å². The lowest BCUT2D eigenvalue weighted by Crippen LogP contribution is -2.45. The molecule has 0 aromatic carbocycles. The van der Waals surface area contributed by atoms with E-state index in [1.54, 1.807) is 0 Å². The summed E-state index contributed by atoms with van der Waals surface area (Å²) in [7, 11) is 0. The molecule has 1 amide bonds. The minimum absolute atomic E-state index is 0.0251. The molecule has 0 aliphatic rings. The van der Waals surface area contributed by atoms with Crippen molar-refractivity contribution < 1.29 is 24.5 Å². The van der Waals surface area contributed by atoms with Crippen LogP contribution < -0.4 is 5.32 Å². The summed E-state index contributed by atoms with van der Waals surface area (Å²) in [6, 6.07) is -0.559. The third-order valence-corrected chi connectivity index (χ3v) is 13.3. The van der Waals surface area contributed by atoms with Crippen molar-refractivity contribution in [2.24, 2.45) is 0 Å². The van der Waals surface area contributed by atoms with Gasteiger partial charge in [0.25, 0.3) is 0 Å². The van der Waals surface area contributed by atoms with Crippen molar-refractivity contribution in [2.45, 2.75) is 328 Å². The molecule has 0 saturated carbocycles. The molecular formula is C57H111NO5. The number of carbonyl (C=O) groups excluding carboxylic acids is 2. The molecule has 0 radical (unpaired) electrons. The summed E-state index contributed by atoms with van der Waals surface area (Å²) in [5.74, 6) is -0.0802. The van der Waals surface area contributed by atoms with Crippen molar-refractivity contribution >= 4 is 11.9 Å². The number of carbonyl (C=O) groups is 2. The van der Waals surface area contributed by atoms with Crippen molar-refractivity contribution in [3.8, 4) is 0 Å². The molecule has 0 saturated heterocycles. The second-order valence-corrected chi connectivity index (χ2v) is 19.6. The maximum absolute atomic E-state index is 12.5. The molecule has 63 heavy (non-hydrogen) atoms. The molecule has 0 aliphatic carbocycles. The zero-order valence-electron chi connectivity index (χ0n) is 42.6. The quantitative estimate of drug-likeness (QED) is 0.0321. The van der Waals surface area contributed by atoms with Gasteiger partial charge < -0.3 is 20.3 Å². The van der Waals surface area contributed by atoms with E-state index in [0.29, 0.717) is 25.9 Å². The van der Waals surface area contributed by atoms with Crippen LogP contribution in [0.5, 0.6) is 0 Å². The molecule has 2 atom stereocenters. The lowest BCUT2D eigenvalue weighted by Gasteiger charge is -2.22. The van der Waals surface area contributed by atoms with Gasteiger partial charge in [-0.2, -0.15) is 0 Å². The summed E-state index contributed by atoms with van der Waals surface area (Å²) in [6.45, 7) is 4.92. The molecule has 0 fully saturated rings. The third kappa shape index (κ3) is 49.9. The number of aliphatic hydroxyl groups is 2. The first-order valence-electron chi connectivity index (χ1n) is 28.4. The van der Waals surface area contributed by atoms with Crippen molar-refractivity contribution in [1.29, 1.82) is 0 Å². The Balaban J connectivity index is 3.47. The largest absolute Gasteiger partial charge is 0.466 e. The van der Waals surface area contributed by atoms with Crippen LogP contribution >= 0.6 is 0 Å². The Morgan fingerprint density at radius 2 is 0.746 bits per heavy atom. The minimum Gasteiger partial charge on any atom is -0.466 e. The maximum atomic E-state index is 12.5. The highest BCUT2D eigenvalue weighted by Gasteiger charge is 2.20. The number of hydrogen-bond acceptors (Lipinski definition) is 5. The van der Waals surface area contributed by atoms with Gasteiger partial charge in [0.05, 0.1) is 25.4 Å². The Labute approximate surface area is 393 Å². The fraction of sp³-hybridized carbons (Fsp3) is 0.930. The average Bonchev–Trinajstić information content (AvgIpc) is 3.28. The highest BCUT2D eigenvalue weighted by atomic mass is 16.5. The number of esters is 1. The Bertz CT molecular complexity index is 939. The van der Waals surface area contributed by atoms with E-state index in [1.807, 2.05) is 0 Å². The van der Waals surface area contributed by atoms with Crippen molar-refractivity contribution in [2.75, 3.05) is 13.2 Å². The first-order chi connectivity index (χ1) is 31.0. The van der Waals surface area contributed by atoms with Crippen LogP contribution in [0.2, 0.25) is 0 Å². The molecule has 0 bridgehead atoms. The van der Waals surface area contributed by atoms with Gasteiger partial charge in [0, 0.05) is 12.8 Å². The Kier molecular flexibility index (Phi) is 52.0. The summed E-state index contributed by atoms with van der Waals surface area (Å²) in [4.78, 5) is 24.5. The zero-order valence-corrected chi connectivity index (χ0v) is 42.6. The van der Waals surface area contributed by atoms with Crippen LogP contribution in [0.15, 0.2) is 12.2 Å². The lowest BCUT2D eigenvalue weighted by molar-refractivity contribution is -0.143. The minimum atomic E-state index is -0.679.